The second kappa shape index (κ2) is 11.8. The Morgan fingerprint density at radius 1 is 1.15 bits per heavy atom. The van der Waals surface area contributed by atoms with E-state index in [0.717, 1.165) is 17.8 Å². The van der Waals surface area contributed by atoms with E-state index in [4.69, 9.17) is 33.7 Å². The number of nitrogens with two attached hydrogens (primary N) is 1. The van der Waals surface area contributed by atoms with E-state index < -0.39 is 22.6 Å². The summed E-state index contributed by atoms with van der Waals surface area (Å²) in [5, 5.41) is 3.92. The number of hydrogen-bond acceptors (Lipinski definition) is 8. The first-order chi connectivity index (χ1) is 16.2. The molecule has 0 bridgehead atoms. The van der Waals surface area contributed by atoms with E-state index in [0.29, 0.717) is 28.2 Å². The maximum Gasteiger partial charge on any atom is 0.318 e. The number of carbonyl (C=O) groups excluding carboxylic acids is 2. The minimum atomic E-state index is -1.52. The molecule has 1 heterocycles. The van der Waals surface area contributed by atoms with Gasteiger partial charge in [0.2, 0.25) is 5.78 Å². The quantitative estimate of drug-likeness (QED) is 0.251. The third kappa shape index (κ3) is 6.79. The van der Waals surface area contributed by atoms with Crippen LogP contribution in [0.25, 0.3) is 0 Å². The van der Waals surface area contributed by atoms with Gasteiger partial charge in [0.05, 0.1) is 33.0 Å². The van der Waals surface area contributed by atoms with E-state index in [9.17, 15) is 13.8 Å². The predicted molar refractivity (Wildman–Crippen MR) is 138 cm³/mol. The van der Waals surface area contributed by atoms with Gasteiger partial charge in [0, 0.05) is 10.6 Å². The topological polar surface area (TPSA) is 111 Å². The standard InChI is InChI=1S/C23H23Cl2N3O4S2/c1-13(2)10-11-32-18(29)12-34(31)15-8-6-14(7-9-15)27-23-28-22(26)21(33-23)20(30)19-16(24)4-3-5-17(19)25/h3-9,13H,10-12,26H2,1-2H3,(H,27,28). The number of hydrogen-bond donors (Lipinski definition) is 2. The lowest BCUT2D eigenvalue weighted by atomic mass is 10.1. The van der Waals surface area contributed by atoms with Crippen LogP contribution in [0.15, 0.2) is 47.4 Å². The number of ketones is 1. The summed E-state index contributed by atoms with van der Waals surface area (Å²) >= 11 is 13.3. The van der Waals surface area contributed by atoms with Gasteiger partial charge >= 0.3 is 5.97 Å². The lowest BCUT2D eigenvalue weighted by molar-refractivity contribution is -0.140. The van der Waals surface area contributed by atoms with Crippen molar-refractivity contribution in [3.8, 4) is 0 Å². The highest BCUT2D eigenvalue weighted by atomic mass is 35.5. The van der Waals surface area contributed by atoms with Crippen molar-refractivity contribution in [3.05, 3.63) is 63.0 Å². The van der Waals surface area contributed by atoms with Crippen molar-refractivity contribution in [1.29, 1.82) is 0 Å². The molecule has 3 aromatic rings. The van der Waals surface area contributed by atoms with E-state index in [1.165, 1.54) is 0 Å². The molecule has 7 nitrogen and oxygen atoms in total. The first-order valence-electron chi connectivity index (χ1n) is 10.3. The molecule has 0 spiro atoms. The maximum atomic E-state index is 12.9. The summed E-state index contributed by atoms with van der Waals surface area (Å²) in [6, 6.07) is 11.5. The maximum absolute atomic E-state index is 12.9. The normalized spacial score (nSPS) is 11.9. The molecule has 3 rings (SSSR count). The Kier molecular flexibility index (Phi) is 9.07. The van der Waals surface area contributed by atoms with Gasteiger partial charge in [-0.1, -0.05) is 54.5 Å². The van der Waals surface area contributed by atoms with Crippen molar-refractivity contribution >= 4 is 73.7 Å². The van der Waals surface area contributed by atoms with Gasteiger partial charge in [0.1, 0.15) is 16.4 Å². The fourth-order valence-electron chi connectivity index (χ4n) is 2.83. The summed E-state index contributed by atoms with van der Waals surface area (Å²) in [6.45, 7) is 4.39. The van der Waals surface area contributed by atoms with E-state index >= 15 is 0 Å². The fourth-order valence-corrected chi connectivity index (χ4v) is 5.15. The van der Waals surface area contributed by atoms with Gasteiger partial charge in [-0.05, 0) is 48.7 Å². The second-order valence-corrected chi connectivity index (χ2v) is 11.0. The van der Waals surface area contributed by atoms with Crippen LogP contribution in [-0.4, -0.2) is 33.3 Å². The number of esters is 1. The van der Waals surface area contributed by atoms with Gasteiger partial charge in [-0.3, -0.25) is 13.8 Å². The number of thiazole rings is 1. The second-order valence-electron chi connectivity index (χ2n) is 7.70. The molecule has 1 unspecified atom stereocenters. The molecular formula is C23H23Cl2N3O4S2. The van der Waals surface area contributed by atoms with Crippen LogP contribution in [0.2, 0.25) is 10.0 Å². The highest BCUT2D eigenvalue weighted by Crippen LogP contribution is 2.34. The zero-order valence-electron chi connectivity index (χ0n) is 18.5. The van der Waals surface area contributed by atoms with Crippen molar-refractivity contribution in [1.82, 2.24) is 4.98 Å². The number of nitrogen functional groups attached to an aromatic ring is 1. The Balaban J connectivity index is 1.64. The molecule has 0 aliphatic heterocycles. The number of benzene rings is 2. The van der Waals surface area contributed by atoms with Gasteiger partial charge in [0.15, 0.2) is 5.13 Å². The minimum absolute atomic E-state index is 0.0576. The van der Waals surface area contributed by atoms with Crippen LogP contribution in [0.5, 0.6) is 0 Å². The van der Waals surface area contributed by atoms with Gasteiger partial charge < -0.3 is 15.8 Å². The van der Waals surface area contributed by atoms with Gasteiger partial charge in [-0.2, -0.15) is 0 Å². The third-order valence-corrected chi connectivity index (χ3v) is 7.54. The summed E-state index contributed by atoms with van der Waals surface area (Å²) in [4.78, 5) is 29.7. The average Bonchev–Trinajstić information content (AvgIpc) is 3.13. The number of carbonyl (C=O) groups is 2. The number of ether oxygens (including phenoxy) is 1. The summed E-state index contributed by atoms with van der Waals surface area (Å²) in [6.07, 6.45) is 0.763. The Morgan fingerprint density at radius 3 is 2.41 bits per heavy atom. The monoisotopic (exact) mass is 539 g/mol. The number of anilines is 3. The van der Waals surface area contributed by atoms with Crippen LogP contribution in [-0.2, 0) is 20.3 Å². The van der Waals surface area contributed by atoms with Crippen molar-refractivity contribution in [2.45, 2.75) is 25.2 Å². The number of nitrogens with one attached hydrogen (secondary N) is 1. The van der Waals surface area contributed by atoms with Crippen LogP contribution >= 0.6 is 34.5 Å². The Hall–Kier alpha value is -2.46. The van der Waals surface area contributed by atoms with Gasteiger partial charge in [0.25, 0.3) is 0 Å². The lowest BCUT2D eigenvalue weighted by Crippen LogP contribution is -2.15. The molecule has 34 heavy (non-hydrogen) atoms. The molecule has 0 amide bonds. The van der Waals surface area contributed by atoms with E-state index in [1.54, 1.807) is 42.5 Å². The molecule has 0 fully saturated rings. The smallest absolute Gasteiger partial charge is 0.318 e. The Labute approximate surface area is 214 Å². The molecule has 0 aliphatic carbocycles. The van der Waals surface area contributed by atoms with Crippen LogP contribution in [0.1, 0.15) is 35.5 Å². The van der Waals surface area contributed by atoms with Crippen LogP contribution < -0.4 is 11.1 Å². The van der Waals surface area contributed by atoms with Crippen LogP contribution in [0, 0.1) is 5.92 Å². The zero-order chi connectivity index (χ0) is 24.8. The molecule has 0 saturated heterocycles. The lowest BCUT2D eigenvalue weighted by Gasteiger charge is -2.07. The van der Waals surface area contributed by atoms with E-state index in [-0.39, 0.29) is 32.1 Å². The molecule has 0 aliphatic rings. The number of nitrogens with zero attached hydrogens (tertiary/aromatic N) is 1. The molecule has 2 aromatic carbocycles. The molecule has 0 radical (unpaired) electrons. The average molecular weight is 540 g/mol. The SMILES string of the molecule is CC(C)CCOC(=O)CS(=O)c1ccc(Nc2nc(N)c(C(=O)c3c(Cl)cccc3Cl)s2)cc1. The Morgan fingerprint density at radius 2 is 1.79 bits per heavy atom. The molecule has 3 N–H and O–H groups in total. The summed E-state index contributed by atoms with van der Waals surface area (Å²) < 4.78 is 17.6. The largest absolute Gasteiger partial charge is 0.465 e. The van der Waals surface area contributed by atoms with Crippen molar-refractivity contribution in [2.75, 3.05) is 23.4 Å². The highest BCUT2D eigenvalue weighted by Gasteiger charge is 2.22. The van der Waals surface area contributed by atoms with Crippen molar-refractivity contribution < 1.29 is 18.5 Å². The molecule has 0 saturated carbocycles. The highest BCUT2D eigenvalue weighted by molar-refractivity contribution is 7.85. The third-order valence-electron chi connectivity index (χ3n) is 4.63. The first kappa shape index (κ1) is 26.2. The molecule has 1 atom stereocenters. The van der Waals surface area contributed by atoms with Crippen molar-refractivity contribution in [3.63, 3.8) is 0 Å². The summed E-state index contributed by atoms with van der Waals surface area (Å²) in [5.41, 5.74) is 6.77. The number of aromatic nitrogens is 1. The zero-order valence-corrected chi connectivity index (χ0v) is 21.6. The number of rotatable bonds is 10. The minimum Gasteiger partial charge on any atom is -0.465 e. The van der Waals surface area contributed by atoms with E-state index in [2.05, 4.69) is 10.3 Å². The van der Waals surface area contributed by atoms with Crippen LogP contribution in [0.3, 0.4) is 0 Å². The number of halogens is 2. The molecule has 11 heteroatoms. The molecule has 180 valence electrons. The Bertz CT molecular complexity index is 1190. The predicted octanol–water partition coefficient (Wildman–Crippen LogP) is 5.70. The summed E-state index contributed by atoms with van der Waals surface area (Å²) in [7, 11) is -1.52. The first-order valence-corrected chi connectivity index (χ1v) is 13.2. The van der Waals surface area contributed by atoms with Crippen molar-refractivity contribution in [2.24, 2.45) is 5.92 Å². The molecular weight excluding hydrogens is 517 g/mol. The van der Waals surface area contributed by atoms with Crippen LogP contribution in [0.4, 0.5) is 16.6 Å². The van der Waals surface area contributed by atoms with Gasteiger partial charge in [-0.15, -0.1) is 0 Å². The molecule has 1 aromatic heterocycles. The van der Waals surface area contributed by atoms with Gasteiger partial charge in [-0.25, -0.2) is 4.98 Å². The summed E-state index contributed by atoms with van der Waals surface area (Å²) in [5.74, 6) is -0.624. The van der Waals surface area contributed by atoms with E-state index in [1.807, 2.05) is 13.8 Å². The fraction of sp³-hybridized carbons (Fsp3) is 0.261.